The van der Waals surface area contributed by atoms with Gasteiger partial charge in [-0.2, -0.15) is 0 Å². The summed E-state index contributed by atoms with van der Waals surface area (Å²) in [5.41, 5.74) is 5.47. The second-order valence-corrected chi connectivity index (χ2v) is 3.32. The van der Waals surface area contributed by atoms with Crippen LogP contribution in [0.2, 0.25) is 0 Å². The fraction of sp³-hybridized carbons (Fsp3) is 0.750. The first-order valence-corrected chi connectivity index (χ1v) is 4.64. The molecule has 7 N–H and O–H groups in total. The maximum Gasteiger partial charge on any atom is 0.335 e. The zero-order valence-corrected chi connectivity index (χ0v) is 8.54. The number of carbonyl (C=O) groups is 2. The molecule has 0 saturated carbocycles. The molecule has 0 aromatic carbocycles. The Balaban J connectivity index is 0.000000315. The first-order chi connectivity index (χ1) is 7.36. The van der Waals surface area contributed by atoms with Crippen molar-refractivity contribution in [1.29, 1.82) is 0 Å². The standard InChI is InChI=1S/C4H10N2.C4H6O6/c5-4-1-2-6-3-4;5-1(3(7)8)2(6)4(9)10/h4,6H,1-3,5H2;1-2,5-6H,(H,7,8)(H,9,10)/t4-;1-,2-/m01/s1. The highest BCUT2D eigenvalue weighted by molar-refractivity contribution is 5.83. The number of carboxylic acids is 2. The van der Waals surface area contributed by atoms with E-state index >= 15 is 0 Å². The van der Waals surface area contributed by atoms with Gasteiger partial charge in [-0.1, -0.05) is 0 Å². The summed E-state index contributed by atoms with van der Waals surface area (Å²) in [4.78, 5) is 19.5. The van der Waals surface area contributed by atoms with Crippen molar-refractivity contribution in [3.8, 4) is 0 Å². The fourth-order valence-electron chi connectivity index (χ4n) is 0.947. The third-order valence-electron chi connectivity index (χ3n) is 1.90. The van der Waals surface area contributed by atoms with Gasteiger partial charge in [0.2, 0.25) is 0 Å². The lowest BCUT2D eigenvalue weighted by molar-refractivity contribution is -0.165. The molecule has 1 aliphatic heterocycles. The van der Waals surface area contributed by atoms with E-state index < -0.39 is 24.1 Å². The molecule has 16 heavy (non-hydrogen) atoms. The average molecular weight is 236 g/mol. The summed E-state index contributed by atoms with van der Waals surface area (Å²) < 4.78 is 0. The number of nitrogens with one attached hydrogen (secondary N) is 1. The van der Waals surface area contributed by atoms with E-state index in [1.807, 2.05) is 0 Å². The van der Waals surface area contributed by atoms with Crippen LogP contribution in [0.15, 0.2) is 0 Å². The monoisotopic (exact) mass is 236 g/mol. The molecule has 0 bridgehead atoms. The second-order valence-electron chi connectivity index (χ2n) is 3.32. The molecule has 0 amide bonds. The highest BCUT2D eigenvalue weighted by atomic mass is 16.4. The Morgan fingerprint density at radius 3 is 1.75 bits per heavy atom. The van der Waals surface area contributed by atoms with Gasteiger partial charge in [-0.05, 0) is 13.0 Å². The Bertz CT molecular complexity index is 223. The lowest BCUT2D eigenvalue weighted by atomic mass is 10.2. The molecule has 3 atom stereocenters. The molecule has 0 radical (unpaired) electrons. The first-order valence-electron chi connectivity index (χ1n) is 4.64. The third kappa shape index (κ3) is 5.61. The van der Waals surface area contributed by atoms with E-state index in [-0.39, 0.29) is 0 Å². The van der Waals surface area contributed by atoms with E-state index in [9.17, 15) is 9.59 Å². The van der Waals surface area contributed by atoms with Crippen LogP contribution in [-0.2, 0) is 9.59 Å². The largest absolute Gasteiger partial charge is 0.479 e. The van der Waals surface area contributed by atoms with E-state index in [1.165, 1.54) is 0 Å². The van der Waals surface area contributed by atoms with Crippen LogP contribution in [-0.4, -0.2) is 63.7 Å². The van der Waals surface area contributed by atoms with E-state index in [0.717, 1.165) is 19.5 Å². The number of hydrogen-bond acceptors (Lipinski definition) is 6. The van der Waals surface area contributed by atoms with Crippen molar-refractivity contribution in [3.63, 3.8) is 0 Å². The summed E-state index contributed by atoms with van der Waals surface area (Å²) in [5.74, 6) is -3.54. The number of aliphatic hydroxyl groups excluding tert-OH is 2. The van der Waals surface area contributed by atoms with Gasteiger partial charge in [-0.25, -0.2) is 9.59 Å². The molecule has 94 valence electrons. The molecule has 0 unspecified atom stereocenters. The van der Waals surface area contributed by atoms with Gasteiger partial charge >= 0.3 is 11.9 Å². The Kier molecular flexibility index (Phi) is 6.58. The lowest BCUT2D eigenvalue weighted by Gasteiger charge is -2.07. The number of carboxylic acid groups (broad SMARTS) is 2. The third-order valence-corrected chi connectivity index (χ3v) is 1.90. The van der Waals surface area contributed by atoms with Crippen LogP contribution in [0.25, 0.3) is 0 Å². The average Bonchev–Trinajstić information content (AvgIpc) is 2.67. The van der Waals surface area contributed by atoms with Gasteiger partial charge in [0.15, 0.2) is 12.2 Å². The molecular weight excluding hydrogens is 220 g/mol. The van der Waals surface area contributed by atoms with Crippen LogP contribution in [0.1, 0.15) is 6.42 Å². The summed E-state index contributed by atoms with van der Waals surface area (Å²) in [6.07, 6.45) is -3.38. The summed E-state index contributed by atoms with van der Waals surface area (Å²) >= 11 is 0. The normalized spacial score (nSPS) is 22.8. The summed E-state index contributed by atoms with van der Waals surface area (Å²) in [7, 11) is 0. The quantitative estimate of drug-likeness (QED) is 0.307. The predicted octanol–water partition coefficient (Wildman–Crippen LogP) is -2.82. The Morgan fingerprint density at radius 1 is 1.19 bits per heavy atom. The summed E-state index contributed by atoms with van der Waals surface area (Å²) in [6.45, 7) is 2.13. The van der Waals surface area contributed by atoms with Gasteiger partial charge < -0.3 is 31.5 Å². The van der Waals surface area contributed by atoms with Crippen molar-refractivity contribution < 1.29 is 30.0 Å². The van der Waals surface area contributed by atoms with Crippen molar-refractivity contribution in [2.75, 3.05) is 13.1 Å². The molecule has 1 heterocycles. The van der Waals surface area contributed by atoms with E-state index in [0.29, 0.717) is 6.04 Å². The van der Waals surface area contributed by atoms with Gasteiger partial charge in [-0.3, -0.25) is 0 Å². The zero-order chi connectivity index (χ0) is 12.7. The highest BCUT2D eigenvalue weighted by Crippen LogP contribution is 1.92. The predicted molar refractivity (Wildman–Crippen MR) is 52.7 cm³/mol. The van der Waals surface area contributed by atoms with Crippen LogP contribution in [0.4, 0.5) is 0 Å². The minimum Gasteiger partial charge on any atom is -0.479 e. The van der Waals surface area contributed by atoms with Crippen molar-refractivity contribution in [2.24, 2.45) is 5.73 Å². The number of aliphatic carboxylic acids is 2. The fourth-order valence-corrected chi connectivity index (χ4v) is 0.947. The molecule has 0 aromatic rings. The molecule has 8 nitrogen and oxygen atoms in total. The minimum atomic E-state index is -2.27. The first kappa shape index (κ1) is 14.8. The van der Waals surface area contributed by atoms with Crippen LogP contribution < -0.4 is 11.1 Å². The molecule has 1 aliphatic rings. The van der Waals surface area contributed by atoms with Gasteiger partial charge in [0.05, 0.1) is 0 Å². The molecule has 1 fully saturated rings. The van der Waals surface area contributed by atoms with Crippen molar-refractivity contribution in [3.05, 3.63) is 0 Å². The van der Waals surface area contributed by atoms with Crippen molar-refractivity contribution in [1.82, 2.24) is 5.32 Å². The molecule has 8 heteroatoms. The smallest absolute Gasteiger partial charge is 0.335 e. The Morgan fingerprint density at radius 2 is 1.62 bits per heavy atom. The number of aliphatic hydroxyl groups is 2. The topological polar surface area (TPSA) is 153 Å². The van der Waals surface area contributed by atoms with Crippen LogP contribution >= 0.6 is 0 Å². The van der Waals surface area contributed by atoms with Crippen LogP contribution in [0.3, 0.4) is 0 Å². The van der Waals surface area contributed by atoms with Crippen molar-refractivity contribution >= 4 is 11.9 Å². The van der Waals surface area contributed by atoms with Crippen LogP contribution in [0.5, 0.6) is 0 Å². The van der Waals surface area contributed by atoms with Crippen molar-refractivity contribution in [2.45, 2.75) is 24.7 Å². The molecule has 1 rings (SSSR count). The summed E-state index contributed by atoms with van der Waals surface area (Å²) in [6, 6.07) is 0.435. The van der Waals surface area contributed by atoms with Gasteiger partial charge in [-0.15, -0.1) is 0 Å². The second kappa shape index (κ2) is 7.12. The van der Waals surface area contributed by atoms with Gasteiger partial charge in [0.25, 0.3) is 0 Å². The number of rotatable bonds is 3. The van der Waals surface area contributed by atoms with Gasteiger partial charge in [0, 0.05) is 12.6 Å². The van der Waals surface area contributed by atoms with E-state index in [1.54, 1.807) is 0 Å². The van der Waals surface area contributed by atoms with Crippen LogP contribution in [0, 0.1) is 0 Å². The molecular formula is C8H16N2O6. The number of nitrogens with two attached hydrogens (primary N) is 1. The number of hydrogen-bond donors (Lipinski definition) is 6. The Hall–Kier alpha value is -1.22. The minimum absolute atomic E-state index is 0.435. The molecule has 0 aliphatic carbocycles. The lowest BCUT2D eigenvalue weighted by Crippen LogP contribution is -2.39. The zero-order valence-electron chi connectivity index (χ0n) is 8.54. The molecule has 0 spiro atoms. The Labute approximate surface area is 91.7 Å². The molecule has 0 aromatic heterocycles. The SMILES string of the molecule is N[C@H]1CCNC1.O=C(O)[C@H](O)[C@@H](O)C(=O)O. The summed E-state index contributed by atoms with van der Waals surface area (Å²) in [5, 5.41) is 35.7. The maximum atomic E-state index is 9.77. The highest BCUT2D eigenvalue weighted by Gasteiger charge is 2.29. The molecule has 1 saturated heterocycles. The van der Waals surface area contributed by atoms with Gasteiger partial charge in [0.1, 0.15) is 0 Å². The van der Waals surface area contributed by atoms with E-state index in [4.69, 9.17) is 26.2 Å². The van der Waals surface area contributed by atoms with E-state index in [2.05, 4.69) is 5.32 Å². The maximum absolute atomic E-state index is 9.77.